The van der Waals surface area contributed by atoms with E-state index in [0.29, 0.717) is 19.4 Å². The Morgan fingerprint density at radius 3 is 2.45 bits per heavy atom. The second kappa shape index (κ2) is 11.2. The standard InChI is InChI=1S/C28H37FN2O5S2/c1-20-10-14-37-24(20)17-30(16-21-5-7-23(29)8-6-21)26(33)18-31(12-13-36-4)38(34,35)19-28-11-9-22(15-25(28)32)27(28,2)3/h5-8,10,14,22H,9,11-13,15-19H2,1-4H3. The summed E-state index contributed by atoms with van der Waals surface area (Å²) in [5.74, 6) is -0.802. The molecule has 2 fully saturated rings. The Morgan fingerprint density at radius 1 is 1.18 bits per heavy atom. The first-order valence-corrected chi connectivity index (χ1v) is 15.4. The molecule has 2 aromatic rings. The lowest BCUT2D eigenvalue weighted by Crippen LogP contribution is -2.49. The van der Waals surface area contributed by atoms with Gasteiger partial charge in [0, 0.05) is 36.9 Å². The molecule has 10 heteroatoms. The summed E-state index contributed by atoms with van der Waals surface area (Å²) < 4.78 is 47.5. The van der Waals surface area contributed by atoms with Crippen molar-refractivity contribution in [1.82, 2.24) is 9.21 Å². The number of amides is 1. The average Bonchev–Trinajstić information content (AvgIpc) is 3.42. The van der Waals surface area contributed by atoms with Gasteiger partial charge in [-0.2, -0.15) is 4.31 Å². The second-order valence-corrected chi connectivity index (χ2v) is 14.1. The molecule has 0 aliphatic heterocycles. The summed E-state index contributed by atoms with van der Waals surface area (Å²) in [6.45, 7) is 6.29. The largest absolute Gasteiger partial charge is 0.383 e. The van der Waals surface area contributed by atoms with Crippen molar-refractivity contribution in [2.75, 3.05) is 32.6 Å². The SMILES string of the molecule is COCCN(CC(=O)N(Cc1ccc(F)cc1)Cc1sccc1C)S(=O)(=O)CC12CCC(CC1=O)C2(C)C. The van der Waals surface area contributed by atoms with Gasteiger partial charge in [0.1, 0.15) is 11.6 Å². The Labute approximate surface area is 229 Å². The van der Waals surface area contributed by atoms with Gasteiger partial charge in [0.2, 0.25) is 15.9 Å². The number of aryl methyl sites for hydroxylation is 1. The molecule has 2 atom stereocenters. The predicted molar refractivity (Wildman–Crippen MR) is 146 cm³/mol. The van der Waals surface area contributed by atoms with Crippen LogP contribution in [0.25, 0.3) is 0 Å². The van der Waals surface area contributed by atoms with E-state index in [4.69, 9.17) is 4.74 Å². The minimum atomic E-state index is -3.97. The zero-order valence-corrected chi connectivity index (χ0v) is 24.2. The smallest absolute Gasteiger partial charge is 0.238 e. The normalized spacial score (nSPS) is 22.4. The molecular formula is C28H37FN2O5S2. The van der Waals surface area contributed by atoms with E-state index in [0.717, 1.165) is 22.4 Å². The lowest BCUT2D eigenvalue weighted by atomic mass is 9.70. The van der Waals surface area contributed by atoms with Gasteiger partial charge in [-0.05, 0) is 65.8 Å². The van der Waals surface area contributed by atoms with Crippen LogP contribution in [-0.4, -0.2) is 61.9 Å². The zero-order chi connectivity index (χ0) is 27.7. The molecule has 4 rings (SSSR count). The van der Waals surface area contributed by atoms with E-state index in [-0.39, 0.29) is 55.4 Å². The minimum absolute atomic E-state index is 0.0150. The first-order valence-electron chi connectivity index (χ1n) is 12.9. The molecule has 2 unspecified atom stereocenters. The molecule has 2 saturated carbocycles. The molecule has 1 amide bonds. The Morgan fingerprint density at radius 2 is 1.89 bits per heavy atom. The lowest BCUT2D eigenvalue weighted by molar-refractivity contribution is -0.132. The van der Waals surface area contributed by atoms with E-state index < -0.39 is 20.9 Å². The number of ether oxygens (including phenoxy) is 1. The molecule has 2 bridgehead atoms. The number of halogens is 1. The van der Waals surface area contributed by atoms with Crippen LogP contribution in [-0.2, 0) is 37.4 Å². The van der Waals surface area contributed by atoms with Crippen molar-refractivity contribution in [3.05, 3.63) is 57.5 Å². The van der Waals surface area contributed by atoms with Gasteiger partial charge in [0.25, 0.3) is 0 Å². The van der Waals surface area contributed by atoms with Crippen LogP contribution < -0.4 is 0 Å². The molecular weight excluding hydrogens is 527 g/mol. The van der Waals surface area contributed by atoms with Crippen molar-refractivity contribution >= 4 is 33.1 Å². The summed E-state index contributed by atoms with van der Waals surface area (Å²) in [4.78, 5) is 29.4. The molecule has 2 aliphatic rings. The number of carbonyl (C=O) groups is 2. The fourth-order valence-corrected chi connectivity index (χ4v) is 9.12. The number of fused-ring (bicyclic) bond motifs is 2. The minimum Gasteiger partial charge on any atom is -0.383 e. The number of benzene rings is 1. The molecule has 208 valence electrons. The molecule has 1 aromatic carbocycles. The van der Waals surface area contributed by atoms with Crippen LogP contribution in [0.15, 0.2) is 35.7 Å². The van der Waals surface area contributed by atoms with Crippen LogP contribution in [0, 0.1) is 29.5 Å². The Kier molecular flexibility index (Phi) is 8.47. The number of sulfonamides is 1. The first-order chi connectivity index (χ1) is 17.9. The van der Waals surface area contributed by atoms with E-state index in [1.807, 2.05) is 32.2 Å². The van der Waals surface area contributed by atoms with Gasteiger partial charge in [-0.15, -0.1) is 11.3 Å². The highest BCUT2D eigenvalue weighted by atomic mass is 32.2. The Bertz CT molecular complexity index is 1270. The number of hydrogen-bond donors (Lipinski definition) is 0. The summed E-state index contributed by atoms with van der Waals surface area (Å²) >= 11 is 1.53. The number of ketones is 1. The van der Waals surface area contributed by atoms with Crippen molar-refractivity contribution in [2.24, 2.45) is 16.7 Å². The van der Waals surface area contributed by atoms with Crippen LogP contribution in [0.2, 0.25) is 0 Å². The van der Waals surface area contributed by atoms with E-state index in [2.05, 4.69) is 0 Å². The topological polar surface area (TPSA) is 84.0 Å². The number of nitrogens with zero attached hydrogens (tertiary/aromatic N) is 2. The second-order valence-electron chi connectivity index (χ2n) is 11.2. The van der Waals surface area contributed by atoms with Gasteiger partial charge in [0.05, 0.1) is 25.4 Å². The van der Waals surface area contributed by atoms with E-state index in [1.54, 1.807) is 17.0 Å². The molecule has 0 radical (unpaired) electrons. The highest BCUT2D eigenvalue weighted by Gasteiger charge is 2.65. The number of carbonyl (C=O) groups excluding carboxylic acids is 2. The highest BCUT2D eigenvalue weighted by Crippen LogP contribution is 2.64. The van der Waals surface area contributed by atoms with E-state index in [9.17, 15) is 22.4 Å². The van der Waals surface area contributed by atoms with Crippen molar-refractivity contribution in [2.45, 2.75) is 53.1 Å². The number of rotatable bonds is 12. The van der Waals surface area contributed by atoms with Crippen molar-refractivity contribution < 1.29 is 27.1 Å². The average molecular weight is 565 g/mol. The van der Waals surface area contributed by atoms with Crippen molar-refractivity contribution in [1.29, 1.82) is 0 Å². The number of thiophene rings is 1. The van der Waals surface area contributed by atoms with Gasteiger partial charge in [-0.3, -0.25) is 9.59 Å². The fraction of sp³-hybridized carbons (Fsp3) is 0.571. The molecule has 1 heterocycles. The molecule has 0 spiro atoms. The maximum absolute atomic E-state index is 13.8. The van der Waals surface area contributed by atoms with Crippen LogP contribution in [0.4, 0.5) is 4.39 Å². The van der Waals surface area contributed by atoms with Crippen LogP contribution >= 0.6 is 11.3 Å². The summed E-state index contributed by atoms with van der Waals surface area (Å²) in [6.07, 6.45) is 1.82. The van der Waals surface area contributed by atoms with Crippen molar-refractivity contribution in [3.8, 4) is 0 Å². The number of Topliss-reactive ketones (excluding diaryl/α,β-unsaturated/α-hetero) is 1. The zero-order valence-electron chi connectivity index (χ0n) is 22.5. The molecule has 2 aliphatic carbocycles. The summed E-state index contributed by atoms with van der Waals surface area (Å²) in [6, 6.07) is 7.92. The maximum Gasteiger partial charge on any atom is 0.238 e. The van der Waals surface area contributed by atoms with Gasteiger partial charge in [0.15, 0.2) is 0 Å². The predicted octanol–water partition coefficient (Wildman–Crippen LogP) is 4.40. The van der Waals surface area contributed by atoms with Gasteiger partial charge < -0.3 is 9.64 Å². The molecule has 7 nitrogen and oxygen atoms in total. The Balaban J connectivity index is 1.58. The number of methoxy groups -OCH3 is 1. The van der Waals surface area contributed by atoms with Gasteiger partial charge in [-0.25, -0.2) is 12.8 Å². The molecule has 0 N–H and O–H groups in total. The van der Waals surface area contributed by atoms with Gasteiger partial charge >= 0.3 is 0 Å². The monoisotopic (exact) mass is 564 g/mol. The maximum atomic E-state index is 13.8. The highest BCUT2D eigenvalue weighted by molar-refractivity contribution is 7.89. The van der Waals surface area contributed by atoms with E-state index >= 15 is 0 Å². The third-order valence-corrected chi connectivity index (χ3v) is 11.7. The fourth-order valence-electron chi connectivity index (χ4n) is 6.05. The molecule has 1 aromatic heterocycles. The third-order valence-electron chi connectivity index (χ3n) is 8.76. The van der Waals surface area contributed by atoms with Crippen LogP contribution in [0.5, 0.6) is 0 Å². The summed E-state index contributed by atoms with van der Waals surface area (Å²) in [5, 5.41) is 1.95. The third kappa shape index (κ3) is 5.59. The summed E-state index contributed by atoms with van der Waals surface area (Å²) in [5.41, 5.74) is 0.466. The quantitative estimate of drug-likeness (QED) is 0.382. The molecule has 38 heavy (non-hydrogen) atoms. The summed E-state index contributed by atoms with van der Waals surface area (Å²) in [7, 11) is -2.48. The Hall–Kier alpha value is -2.14. The lowest BCUT2D eigenvalue weighted by Gasteiger charge is -2.37. The van der Waals surface area contributed by atoms with E-state index in [1.165, 1.54) is 34.9 Å². The first kappa shape index (κ1) is 28.9. The molecule has 0 saturated heterocycles. The van der Waals surface area contributed by atoms with Gasteiger partial charge in [-0.1, -0.05) is 26.0 Å². The number of hydrogen-bond acceptors (Lipinski definition) is 6. The van der Waals surface area contributed by atoms with Crippen LogP contribution in [0.3, 0.4) is 0 Å². The van der Waals surface area contributed by atoms with Crippen LogP contribution in [0.1, 0.15) is 49.1 Å². The van der Waals surface area contributed by atoms with Crippen molar-refractivity contribution in [3.63, 3.8) is 0 Å².